The molecule has 9 heteroatoms. The third-order valence-electron chi connectivity index (χ3n) is 3.95. The standard InChI is InChI=1S/C21H18ClN3O4S/c1-14(26)23-17-8-5-9-18(13-17)24-21(27)15-10-11-19(22)20(12-15)30(28,29)25-16-6-3-2-4-7-16/h2-13,25H,1H3,(H,23,26)(H,24,27). The lowest BCUT2D eigenvalue weighted by Gasteiger charge is -2.12. The van der Waals surface area contributed by atoms with Gasteiger partial charge in [-0.3, -0.25) is 14.3 Å². The molecule has 0 aliphatic carbocycles. The average Bonchev–Trinajstić information content (AvgIpc) is 2.68. The molecule has 0 saturated heterocycles. The summed E-state index contributed by atoms with van der Waals surface area (Å²) in [5.41, 5.74) is 1.44. The summed E-state index contributed by atoms with van der Waals surface area (Å²) in [5.74, 6) is -0.764. The summed E-state index contributed by atoms with van der Waals surface area (Å²) in [6, 6.07) is 18.9. The van der Waals surface area contributed by atoms with Crippen LogP contribution in [0.4, 0.5) is 17.1 Å². The Bertz CT molecular complexity index is 1200. The molecule has 0 aliphatic heterocycles. The van der Waals surface area contributed by atoms with Crippen LogP contribution in [0.1, 0.15) is 17.3 Å². The molecule has 0 atom stereocenters. The van der Waals surface area contributed by atoms with Crippen molar-refractivity contribution in [2.24, 2.45) is 0 Å². The molecule has 3 aromatic carbocycles. The zero-order valence-electron chi connectivity index (χ0n) is 15.8. The number of hydrogen-bond donors (Lipinski definition) is 3. The molecule has 0 fully saturated rings. The number of hydrogen-bond acceptors (Lipinski definition) is 4. The zero-order valence-corrected chi connectivity index (χ0v) is 17.4. The van der Waals surface area contributed by atoms with E-state index >= 15 is 0 Å². The molecule has 0 aliphatic rings. The molecule has 7 nitrogen and oxygen atoms in total. The maximum atomic E-state index is 12.7. The van der Waals surface area contributed by atoms with E-state index in [4.69, 9.17) is 11.6 Å². The molecule has 0 heterocycles. The van der Waals surface area contributed by atoms with Crippen molar-refractivity contribution in [2.45, 2.75) is 11.8 Å². The number of rotatable bonds is 6. The monoisotopic (exact) mass is 443 g/mol. The fourth-order valence-corrected chi connectivity index (χ4v) is 4.23. The lowest BCUT2D eigenvalue weighted by molar-refractivity contribution is -0.114. The maximum absolute atomic E-state index is 12.7. The average molecular weight is 444 g/mol. The number of sulfonamides is 1. The summed E-state index contributed by atoms with van der Waals surface area (Å²) >= 11 is 6.09. The molecule has 0 bridgehead atoms. The summed E-state index contributed by atoms with van der Waals surface area (Å²) in [4.78, 5) is 23.6. The van der Waals surface area contributed by atoms with Gasteiger partial charge in [-0.15, -0.1) is 0 Å². The molecule has 154 valence electrons. The van der Waals surface area contributed by atoms with Gasteiger partial charge in [-0.25, -0.2) is 8.42 Å². The molecule has 0 saturated carbocycles. The Morgan fingerprint density at radius 2 is 1.43 bits per heavy atom. The van der Waals surface area contributed by atoms with Crippen molar-refractivity contribution in [3.63, 3.8) is 0 Å². The van der Waals surface area contributed by atoms with Crippen LogP contribution in [0.3, 0.4) is 0 Å². The van der Waals surface area contributed by atoms with Crippen LogP contribution in [0, 0.1) is 0 Å². The van der Waals surface area contributed by atoms with Gasteiger partial charge in [-0.05, 0) is 48.5 Å². The minimum Gasteiger partial charge on any atom is -0.326 e. The fourth-order valence-electron chi connectivity index (χ4n) is 2.65. The van der Waals surface area contributed by atoms with Crippen molar-refractivity contribution in [3.05, 3.63) is 83.4 Å². The van der Waals surface area contributed by atoms with Crippen molar-refractivity contribution in [1.29, 1.82) is 0 Å². The van der Waals surface area contributed by atoms with Gasteiger partial charge < -0.3 is 10.6 Å². The Morgan fingerprint density at radius 1 is 0.800 bits per heavy atom. The van der Waals surface area contributed by atoms with Crippen LogP contribution >= 0.6 is 11.6 Å². The first-order valence-corrected chi connectivity index (χ1v) is 10.7. The molecule has 0 spiro atoms. The number of anilines is 3. The SMILES string of the molecule is CC(=O)Nc1cccc(NC(=O)c2ccc(Cl)c(S(=O)(=O)Nc3ccccc3)c2)c1. The molecule has 3 N–H and O–H groups in total. The molecular formula is C21H18ClN3O4S. The van der Waals surface area contributed by atoms with Gasteiger partial charge >= 0.3 is 0 Å². The van der Waals surface area contributed by atoms with Crippen molar-refractivity contribution >= 4 is 50.5 Å². The van der Waals surface area contributed by atoms with Crippen LogP contribution in [0.25, 0.3) is 0 Å². The van der Waals surface area contributed by atoms with Crippen LogP contribution in [0.5, 0.6) is 0 Å². The van der Waals surface area contributed by atoms with E-state index in [-0.39, 0.29) is 21.4 Å². The highest BCUT2D eigenvalue weighted by Crippen LogP contribution is 2.26. The Morgan fingerprint density at radius 3 is 2.10 bits per heavy atom. The van der Waals surface area contributed by atoms with Crippen molar-refractivity contribution in [3.8, 4) is 0 Å². The van der Waals surface area contributed by atoms with Gasteiger partial charge in [0.1, 0.15) is 4.90 Å². The van der Waals surface area contributed by atoms with E-state index in [1.165, 1.54) is 25.1 Å². The number of halogens is 1. The third kappa shape index (κ3) is 5.37. The zero-order chi connectivity index (χ0) is 21.7. The van der Waals surface area contributed by atoms with E-state index in [2.05, 4.69) is 15.4 Å². The quantitative estimate of drug-likeness (QED) is 0.526. The van der Waals surface area contributed by atoms with Gasteiger partial charge in [0.15, 0.2) is 0 Å². The van der Waals surface area contributed by atoms with E-state index in [1.807, 2.05) is 0 Å². The maximum Gasteiger partial charge on any atom is 0.263 e. The van der Waals surface area contributed by atoms with Crippen LogP contribution in [0.2, 0.25) is 5.02 Å². The lowest BCUT2D eigenvalue weighted by atomic mass is 10.2. The summed E-state index contributed by atoms with van der Waals surface area (Å²) in [6.07, 6.45) is 0. The number of benzene rings is 3. The minimum absolute atomic E-state index is 0.0114. The van der Waals surface area contributed by atoms with E-state index in [0.29, 0.717) is 17.1 Å². The third-order valence-corrected chi connectivity index (χ3v) is 5.81. The summed E-state index contributed by atoms with van der Waals surface area (Å²) in [5, 5.41) is 5.28. The molecule has 3 rings (SSSR count). The highest BCUT2D eigenvalue weighted by atomic mass is 35.5. The smallest absolute Gasteiger partial charge is 0.263 e. The highest BCUT2D eigenvalue weighted by Gasteiger charge is 2.20. The number of amides is 2. The lowest BCUT2D eigenvalue weighted by Crippen LogP contribution is -2.16. The van der Waals surface area contributed by atoms with E-state index in [1.54, 1.807) is 54.6 Å². The van der Waals surface area contributed by atoms with Gasteiger partial charge in [-0.2, -0.15) is 0 Å². The first kappa shape index (κ1) is 21.4. The molecule has 0 unspecified atom stereocenters. The molecule has 0 radical (unpaired) electrons. The topological polar surface area (TPSA) is 104 Å². The molecule has 30 heavy (non-hydrogen) atoms. The molecular weight excluding hydrogens is 426 g/mol. The minimum atomic E-state index is -4.00. The largest absolute Gasteiger partial charge is 0.326 e. The van der Waals surface area contributed by atoms with Crippen molar-refractivity contribution < 1.29 is 18.0 Å². The Hall–Kier alpha value is -3.36. The van der Waals surface area contributed by atoms with Crippen LogP contribution < -0.4 is 15.4 Å². The van der Waals surface area contributed by atoms with Gasteiger partial charge in [0.2, 0.25) is 5.91 Å². The van der Waals surface area contributed by atoms with E-state index < -0.39 is 15.9 Å². The van der Waals surface area contributed by atoms with E-state index in [9.17, 15) is 18.0 Å². The van der Waals surface area contributed by atoms with Crippen LogP contribution in [-0.2, 0) is 14.8 Å². The first-order valence-electron chi connectivity index (χ1n) is 8.81. The fraction of sp³-hybridized carbons (Fsp3) is 0.0476. The Balaban J connectivity index is 1.84. The Labute approximate surface area is 179 Å². The van der Waals surface area contributed by atoms with Gasteiger partial charge in [-0.1, -0.05) is 35.9 Å². The Kier molecular flexibility index (Phi) is 6.39. The van der Waals surface area contributed by atoms with E-state index in [0.717, 1.165) is 0 Å². The molecule has 2 amide bonds. The van der Waals surface area contributed by atoms with Crippen molar-refractivity contribution in [1.82, 2.24) is 0 Å². The summed E-state index contributed by atoms with van der Waals surface area (Å²) < 4.78 is 27.9. The number of carbonyl (C=O) groups is 2. The predicted octanol–water partition coefficient (Wildman–Crippen LogP) is 4.35. The predicted molar refractivity (Wildman–Crippen MR) is 117 cm³/mol. The normalized spacial score (nSPS) is 10.9. The second-order valence-electron chi connectivity index (χ2n) is 6.33. The number of carbonyl (C=O) groups excluding carboxylic acids is 2. The number of para-hydroxylation sites is 1. The second-order valence-corrected chi connectivity index (χ2v) is 8.39. The highest BCUT2D eigenvalue weighted by molar-refractivity contribution is 7.92. The van der Waals surface area contributed by atoms with Crippen LogP contribution in [0.15, 0.2) is 77.7 Å². The van der Waals surface area contributed by atoms with Gasteiger partial charge in [0.05, 0.1) is 5.02 Å². The first-order chi connectivity index (χ1) is 14.2. The van der Waals surface area contributed by atoms with Crippen molar-refractivity contribution in [2.75, 3.05) is 15.4 Å². The van der Waals surface area contributed by atoms with Gasteiger partial charge in [0.25, 0.3) is 15.9 Å². The van der Waals surface area contributed by atoms with Crippen LogP contribution in [-0.4, -0.2) is 20.2 Å². The second kappa shape index (κ2) is 8.98. The molecule has 0 aromatic heterocycles. The van der Waals surface area contributed by atoms with Gasteiger partial charge in [0, 0.05) is 29.5 Å². The number of nitrogens with one attached hydrogen (secondary N) is 3. The molecule has 3 aromatic rings. The summed E-state index contributed by atoms with van der Waals surface area (Å²) in [7, 11) is -4.00. The summed E-state index contributed by atoms with van der Waals surface area (Å²) in [6.45, 7) is 1.38.